The molecule has 0 fully saturated rings. The van der Waals surface area contributed by atoms with Gasteiger partial charge in [-0.1, -0.05) is 89.2 Å². The number of hydrogen-bond donors (Lipinski definition) is 9. The first-order valence-corrected chi connectivity index (χ1v) is 25.1. The van der Waals surface area contributed by atoms with E-state index in [-0.39, 0.29) is 65.0 Å². The summed E-state index contributed by atoms with van der Waals surface area (Å²) < 4.78 is 1.82. The zero-order valence-corrected chi connectivity index (χ0v) is 42.7. The third kappa shape index (κ3) is 25.8. The van der Waals surface area contributed by atoms with Gasteiger partial charge in [0.1, 0.15) is 0 Å². The zero-order valence-electron chi connectivity index (χ0n) is 39.6. The molecule has 0 heterocycles. The van der Waals surface area contributed by atoms with Crippen LogP contribution < -0.4 is 38.5 Å². The molecule has 380 valence electrons. The molecule has 0 spiro atoms. The molecular weight excluding hydrogens is 1010 g/mol. The predicted octanol–water partition coefficient (Wildman–Crippen LogP) is 5.76. The molecule has 0 saturated heterocycles. The smallest absolute Gasteiger partial charge is 0.317 e. The number of carbonyl (C=O) groups is 7. The molecule has 0 aromatic heterocycles. The Labute approximate surface area is 417 Å². The second-order valence-corrected chi connectivity index (χ2v) is 19.2. The van der Waals surface area contributed by atoms with Crippen LogP contribution >= 0.6 is 31.9 Å². The highest BCUT2D eigenvalue weighted by Crippen LogP contribution is 2.20. The Morgan fingerprint density at radius 1 is 0.588 bits per heavy atom. The van der Waals surface area contributed by atoms with Crippen molar-refractivity contribution in [1.29, 1.82) is 0 Å². The third-order valence-corrected chi connectivity index (χ3v) is 12.3. The van der Waals surface area contributed by atoms with E-state index in [1.807, 2.05) is 48.5 Å². The molecule has 68 heavy (non-hydrogen) atoms. The molecule has 2 aromatic carbocycles. The van der Waals surface area contributed by atoms with Gasteiger partial charge in [0.2, 0.25) is 5.91 Å². The van der Waals surface area contributed by atoms with Gasteiger partial charge in [-0.25, -0.2) is 19.2 Å². The molecule has 12 N–H and O–H groups in total. The quantitative estimate of drug-likeness (QED) is 0.0382. The number of primary amides is 2. The summed E-state index contributed by atoms with van der Waals surface area (Å²) in [5, 5.41) is 31.0. The molecule has 0 saturated carbocycles. The van der Waals surface area contributed by atoms with Gasteiger partial charge in [0.15, 0.2) is 0 Å². The molecule has 0 bridgehead atoms. The molecule has 19 nitrogen and oxygen atoms in total. The number of nitrogens with one attached hydrogen (secondary N) is 4. The first kappa shape index (κ1) is 59.0. The number of benzene rings is 2. The maximum Gasteiger partial charge on any atom is 0.317 e. The van der Waals surface area contributed by atoms with Crippen molar-refractivity contribution >= 4 is 73.8 Å². The van der Waals surface area contributed by atoms with Crippen LogP contribution in [0.15, 0.2) is 57.5 Å². The van der Waals surface area contributed by atoms with Crippen LogP contribution in [0.25, 0.3) is 0 Å². The highest BCUT2D eigenvalue weighted by molar-refractivity contribution is 9.10. The largest absolute Gasteiger partial charge is 0.481 e. The first-order valence-electron chi connectivity index (χ1n) is 23.5. The molecule has 3 atom stereocenters. The van der Waals surface area contributed by atoms with E-state index >= 15 is 0 Å². The van der Waals surface area contributed by atoms with Crippen molar-refractivity contribution in [1.82, 2.24) is 36.0 Å². The lowest BCUT2D eigenvalue weighted by molar-refractivity contribution is -0.138. The number of aliphatic carboxylic acids is 2. The van der Waals surface area contributed by atoms with Gasteiger partial charge in [0, 0.05) is 80.1 Å². The standard InChI is InChI=1S/C47H74Br2N10O9/c1-33(2)8-4-6-26-54-46(67)58(30-38(56-44(52)65)19-21-42(61)62)39(10-3-5-25-50)32-59(47(68)55-28-23-35-13-17-37(49)18-14-35)40(20-22-43(63)64)31-57(29-24-41(51)60)45(66)53-27-7-9-34-11-15-36(48)16-12-34/h11-18,33,38-40H,3-10,19-32,50H2,1-2H3,(H2,51,60)(H,53,66)(H,54,67)(H,55,68)(H,61,62)(H,63,64)(H3,52,56,65). The molecule has 9 amide bonds. The Kier molecular flexibility index (Phi) is 28.9. The lowest BCUT2D eigenvalue weighted by atomic mass is 10.0. The topological polar surface area (TPSA) is 296 Å². The summed E-state index contributed by atoms with van der Waals surface area (Å²) in [6, 6.07) is 10.1. The maximum absolute atomic E-state index is 14.7. The van der Waals surface area contributed by atoms with Crippen molar-refractivity contribution in [3.05, 3.63) is 68.6 Å². The summed E-state index contributed by atoms with van der Waals surface area (Å²) in [4.78, 5) is 95.8. The molecule has 0 aliphatic heterocycles. The zero-order chi connectivity index (χ0) is 50.4. The number of unbranched alkanes of at least 4 members (excludes halogenated alkanes) is 2. The number of hydrogen-bond acceptors (Lipinski definition) is 8. The summed E-state index contributed by atoms with van der Waals surface area (Å²) in [6.45, 7) is 4.60. The average molecular weight is 1080 g/mol. The predicted molar refractivity (Wildman–Crippen MR) is 269 cm³/mol. The molecule has 0 aliphatic rings. The summed E-state index contributed by atoms with van der Waals surface area (Å²) in [6.07, 6.45) is 4.37. The van der Waals surface area contributed by atoms with Crippen LogP contribution in [0.4, 0.5) is 19.2 Å². The Morgan fingerprint density at radius 2 is 1.10 bits per heavy atom. The van der Waals surface area contributed by atoms with E-state index < -0.39 is 66.5 Å². The van der Waals surface area contributed by atoms with Crippen LogP contribution in [0.3, 0.4) is 0 Å². The Balaban J connectivity index is 2.68. The summed E-state index contributed by atoms with van der Waals surface area (Å²) in [5.74, 6) is -2.48. The van der Waals surface area contributed by atoms with Gasteiger partial charge in [0.05, 0.1) is 12.1 Å². The maximum atomic E-state index is 14.7. The number of carboxylic acids is 2. The normalized spacial score (nSPS) is 12.3. The molecule has 0 radical (unpaired) electrons. The third-order valence-electron chi connectivity index (χ3n) is 11.2. The van der Waals surface area contributed by atoms with Gasteiger partial charge >= 0.3 is 36.1 Å². The number of urea groups is 4. The Morgan fingerprint density at radius 3 is 1.66 bits per heavy atom. The molecule has 0 aliphatic carbocycles. The molecule has 2 aromatic rings. The summed E-state index contributed by atoms with van der Waals surface area (Å²) in [7, 11) is 0. The number of rotatable bonds is 34. The first-order chi connectivity index (χ1) is 32.4. The fourth-order valence-electron chi connectivity index (χ4n) is 7.54. The number of halogens is 2. The SMILES string of the molecule is CC(C)CCCCNC(=O)N(CC(CCC(=O)O)NC(N)=O)C(CCCCN)CN(C(=O)NCCc1ccc(Br)cc1)C(CCC(=O)O)CN(CCC(N)=O)C(=O)NCCCc1ccc(Br)cc1. The van der Waals surface area contributed by atoms with E-state index in [9.17, 15) is 43.8 Å². The Hall–Kier alpha value is -5.15. The minimum absolute atomic E-state index is 0.0689. The number of nitrogens with zero attached hydrogens (tertiary/aromatic N) is 3. The van der Waals surface area contributed by atoms with E-state index in [4.69, 9.17) is 17.2 Å². The van der Waals surface area contributed by atoms with Crippen LogP contribution in [-0.2, 0) is 27.2 Å². The van der Waals surface area contributed by atoms with Crippen molar-refractivity contribution in [3.8, 4) is 0 Å². The number of nitrogens with two attached hydrogens (primary N) is 3. The highest BCUT2D eigenvalue weighted by Gasteiger charge is 2.35. The second kappa shape index (κ2) is 33.4. The van der Waals surface area contributed by atoms with E-state index in [0.29, 0.717) is 64.0 Å². The van der Waals surface area contributed by atoms with Crippen LogP contribution in [-0.4, -0.2) is 137 Å². The highest BCUT2D eigenvalue weighted by atomic mass is 79.9. The summed E-state index contributed by atoms with van der Waals surface area (Å²) in [5.41, 5.74) is 19.1. The van der Waals surface area contributed by atoms with E-state index in [1.54, 1.807) is 0 Å². The number of aryl methyl sites for hydroxylation is 1. The van der Waals surface area contributed by atoms with Gasteiger partial charge < -0.3 is 63.4 Å². The molecule has 2 rings (SSSR count). The minimum atomic E-state index is -1.15. The van der Waals surface area contributed by atoms with Crippen molar-refractivity contribution in [2.75, 3.05) is 52.4 Å². The van der Waals surface area contributed by atoms with Crippen LogP contribution in [0.5, 0.6) is 0 Å². The van der Waals surface area contributed by atoms with Gasteiger partial charge in [-0.2, -0.15) is 0 Å². The number of amides is 9. The van der Waals surface area contributed by atoms with Gasteiger partial charge in [-0.15, -0.1) is 0 Å². The lowest BCUT2D eigenvalue weighted by Crippen LogP contribution is -2.60. The fourth-order valence-corrected chi connectivity index (χ4v) is 8.07. The second-order valence-electron chi connectivity index (χ2n) is 17.3. The average Bonchev–Trinajstić information content (AvgIpc) is 3.27. The molecular formula is C47H74Br2N10O9. The molecule has 3 unspecified atom stereocenters. The minimum Gasteiger partial charge on any atom is -0.481 e. The monoisotopic (exact) mass is 1080 g/mol. The molecule has 21 heteroatoms. The van der Waals surface area contributed by atoms with Gasteiger partial charge in [0.25, 0.3) is 0 Å². The van der Waals surface area contributed by atoms with E-state index in [2.05, 4.69) is 67.0 Å². The van der Waals surface area contributed by atoms with Gasteiger partial charge in [-0.05, 0) is 99.2 Å². The Bertz CT molecular complexity index is 1860. The van der Waals surface area contributed by atoms with Crippen molar-refractivity contribution in [2.45, 2.75) is 122 Å². The van der Waals surface area contributed by atoms with Crippen molar-refractivity contribution < 1.29 is 43.8 Å². The number of carbonyl (C=O) groups excluding carboxylic acids is 5. The van der Waals surface area contributed by atoms with Gasteiger partial charge in [-0.3, -0.25) is 14.4 Å². The van der Waals surface area contributed by atoms with E-state index in [1.165, 1.54) is 14.7 Å². The van der Waals surface area contributed by atoms with Crippen LogP contribution in [0.2, 0.25) is 0 Å². The van der Waals surface area contributed by atoms with E-state index in [0.717, 1.165) is 32.9 Å². The van der Waals surface area contributed by atoms with Crippen molar-refractivity contribution in [2.24, 2.45) is 23.1 Å². The van der Waals surface area contributed by atoms with Crippen LogP contribution in [0, 0.1) is 5.92 Å². The lowest BCUT2D eigenvalue weighted by Gasteiger charge is -2.41. The fraction of sp³-hybridized carbons (Fsp3) is 0.596. The number of carboxylic acid groups (broad SMARTS) is 2. The van der Waals surface area contributed by atoms with Crippen molar-refractivity contribution in [3.63, 3.8) is 0 Å². The summed E-state index contributed by atoms with van der Waals surface area (Å²) >= 11 is 6.87. The van der Waals surface area contributed by atoms with Crippen LogP contribution in [0.1, 0.15) is 102 Å².